The van der Waals surface area contributed by atoms with E-state index in [1.165, 1.54) is 0 Å². The highest BCUT2D eigenvalue weighted by molar-refractivity contribution is 6.36. The van der Waals surface area contributed by atoms with E-state index in [1.807, 2.05) is 30.3 Å². The molecule has 0 atom stereocenters. The lowest BCUT2D eigenvalue weighted by molar-refractivity contribution is 0.0993. The Morgan fingerprint density at radius 2 is 1.71 bits per heavy atom. The summed E-state index contributed by atoms with van der Waals surface area (Å²) in [5.41, 5.74) is 2.08. The first kappa shape index (κ1) is 14.1. The summed E-state index contributed by atoms with van der Waals surface area (Å²) >= 11 is 12.2. The molecule has 104 valence electrons. The maximum absolute atomic E-state index is 12.4. The van der Waals surface area contributed by atoms with E-state index < -0.39 is 0 Å². The molecular weight excluding hydrogens is 305 g/mol. The van der Waals surface area contributed by atoms with Crippen LogP contribution in [0.15, 0.2) is 54.7 Å². The van der Waals surface area contributed by atoms with Gasteiger partial charge in [0.2, 0.25) is 0 Å². The lowest BCUT2D eigenvalue weighted by Crippen LogP contribution is -2.05. The fourth-order valence-corrected chi connectivity index (χ4v) is 2.72. The van der Waals surface area contributed by atoms with Crippen LogP contribution < -0.4 is 0 Å². The van der Waals surface area contributed by atoms with Crippen LogP contribution in [-0.4, -0.2) is 10.8 Å². The first-order chi connectivity index (χ1) is 10.1. The SMILES string of the molecule is O=C(Cc1c(Cl)cccc1Cl)c1cnc2ccccc2c1. The number of carbonyl (C=O) groups excluding carboxylic acids is 1. The minimum atomic E-state index is -0.0525. The van der Waals surface area contributed by atoms with Crippen molar-refractivity contribution in [2.75, 3.05) is 0 Å². The predicted octanol–water partition coefficient (Wildman–Crippen LogP) is 4.97. The second-order valence-electron chi connectivity index (χ2n) is 4.72. The molecule has 0 unspecified atom stereocenters. The molecule has 3 rings (SSSR count). The number of nitrogens with zero attached hydrogens (tertiary/aromatic N) is 1. The number of halogens is 2. The van der Waals surface area contributed by atoms with Crippen molar-refractivity contribution in [3.63, 3.8) is 0 Å². The first-order valence-corrected chi connectivity index (χ1v) is 7.21. The van der Waals surface area contributed by atoms with Gasteiger partial charge in [0.25, 0.3) is 0 Å². The van der Waals surface area contributed by atoms with Crippen molar-refractivity contribution in [3.05, 3.63) is 75.9 Å². The second-order valence-corrected chi connectivity index (χ2v) is 5.53. The number of hydrogen-bond acceptors (Lipinski definition) is 2. The van der Waals surface area contributed by atoms with Gasteiger partial charge in [0, 0.05) is 33.6 Å². The normalized spacial score (nSPS) is 10.8. The highest BCUT2D eigenvalue weighted by Crippen LogP contribution is 2.26. The van der Waals surface area contributed by atoms with Gasteiger partial charge >= 0.3 is 0 Å². The summed E-state index contributed by atoms with van der Waals surface area (Å²) in [6.45, 7) is 0. The molecule has 21 heavy (non-hydrogen) atoms. The minimum Gasteiger partial charge on any atom is -0.294 e. The number of aromatic nitrogens is 1. The van der Waals surface area contributed by atoms with Crippen LogP contribution in [0.2, 0.25) is 10.0 Å². The summed E-state index contributed by atoms with van der Waals surface area (Å²) in [6.07, 6.45) is 1.76. The Balaban J connectivity index is 1.94. The molecular formula is C17H11Cl2NO. The highest BCUT2D eigenvalue weighted by atomic mass is 35.5. The zero-order chi connectivity index (χ0) is 14.8. The van der Waals surface area contributed by atoms with E-state index in [4.69, 9.17) is 23.2 Å². The minimum absolute atomic E-state index is 0.0525. The van der Waals surface area contributed by atoms with E-state index >= 15 is 0 Å². The summed E-state index contributed by atoms with van der Waals surface area (Å²) in [7, 11) is 0. The molecule has 2 nitrogen and oxygen atoms in total. The molecule has 0 radical (unpaired) electrons. The van der Waals surface area contributed by atoms with Crippen LogP contribution in [0.25, 0.3) is 10.9 Å². The molecule has 0 fully saturated rings. The van der Waals surface area contributed by atoms with E-state index in [-0.39, 0.29) is 12.2 Å². The molecule has 3 aromatic rings. The van der Waals surface area contributed by atoms with Crippen molar-refractivity contribution in [3.8, 4) is 0 Å². The largest absolute Gasteiger partial charge is 0.294 e. The highest BCUT2D eigenvalue weighted by Gasteiger charge is 2.13. The Kier molecular flexibility index (Phi) is 3.91. The summed E-state index contributed by atoms with van der Waals surface area (Å²) < 4.78 is 0. The molecule has 2 aromatic carbocycles. The van der Waals surface area contributed by atoms with E-state index in [0.717, 1.165) is 10.9 Å². The van der Waals surface area contributed by atoms with Crippen LogP contribution in [0.3, 0.4) is 0 Å². The summed E-state index contributed by atoms with van der Waals surface area (Å²) in [6, 6.07) is 14.7. The maximum atomic E-state index is 12.4. The van der Waals surface area contributed by atoms with Gasteiger partial charge in [0.15, 0.2) is 5.78 Å². The number of hydrogen-bond donors (Lipinski definition) is 0. The fraction of sp³-hybridized carbons (Fsp3) is 0.0588. The zero-order valence-corrected chi connectivity index (χ0v) is 12.5. The van der Waals surface area contributed by atoms with E-state index in [2.05, 4.69) is 4.98 Å². The lowest BCUT2D eigenvalue weighted by atomic mass is 10.0. The number of Topliss-reactive ketones (excluding diaryl/α,β-unsaturated/α-hetero) is 1. The topological polar surface area (TPSA) is 30.0 Å². The number of ketones is 1. The van der Waals surface area contributed by atoms with Crippen molar-refractivity contribution in [2.45, 2.75) is 6.42 Å². The van der Waals surface area contributed by atoms with Gasteiger partial charge in [-0.2, -0.15) is 0 Å². The van der Waals surface area contributed by atoms with Gasteiger partial charge in [-0.1, -0.05) is 47.5 Å². The molecule has 0 aliphatic rings. The van der Waals surface area contributed by atoms with Gasteiger partial charge in [-0.3, -0.25) is 9.78 Å². The van der Waals surface area contributed by atoms with Crippen LogP contribution in [0.4, 0.5) is 0 Å². The maximum Gasteiger partial charge on any atom is 0.168 e. The molecule has 0 saturated carbocycles. The molecule has 4 heteroatoms. The van der Waals surface area contributed by atoms with Crippen LogP contribution in [0, 0.1) is 0 Å². The number of benzene rings is 2. The van der Waals surface area contributed by atoms with Crippen LogP contribution >= 0.6 is 23.2 Å². The van der Waals surface area contributed by atoms with Crippen LogP contribution in [0.1, 0.15) is 15.9 Å². The van der Waals surface area contributed by atoms with Gasteiger partial charge in [-0.05, 0) is 29.8 Å². The van der Waals surface area contributed by atoms with Gasteiger partial charge < -0.3 is 0 Å². The third-order valence-corrected chi connectivity index (χ3v) is 4.02. The van der Waals surface area contributed by atoms with Gasteiger partial charge in [-0.15, -0.1) is 0 Å². The van der Waals surface area contributed by atoms with E-state index in [0.29, 0.717) is 21.2 Å². The first-order valence-electron chi connectivity index (χ1n) is 6.46. The van der Waals surface area contributed by atoms with Gasteiger partial charge in [0.05, 0.1) is 5.52 Å². The van der Waals surface area contributed by atoms with Crippen LogP contribution in [-0.2, 0) is 6.42 Å². The molecule has 1 heterocycles. The number of rotatable bonds is 3. The summed E-state index contributed by atoms with van der Waals surface area (Å²) in [4.78, 5) is 16.7. The lowest BCUT2D eigenvalue weighted by Gasteiger charge is -2.07. The Morgan fingerprint density at radius 1 is 1.00 bits per heavy atom. The number of para-hydroxylation sites is 1. The standard InChI is InChI=1S/C17H11Cl2NO/c18-14-5-3-6-15(19)13(14)9-17(21)12-8-11-4-1-2-7-16(11)20-10-12/h1-8,10H,9H2. The Hall–Kier alpha value is -1.90. The molecule has 0 spiro atoms. The van der Waals surface area contributed by atoms with E-state index in [1.54, 1.807) is 24.4 Å². The summed E-state index contributed by atoms with van der Waals surface area (Å²) in [5.74, 6) is -0.0525. The van der Waals surface area contributed by atoms with Gasteiger partial charge in [0.1, 0.15) is 0 Å². The smallest absolute Gasteiger partial charge is 0.168 e. The van der Waals surface area contributed by atoms with Crippen LogP contribution in [0.5, 0.6) is 0 Å². The van der Waals surface area contributed by atoms with Gasteiger partial charge in [-0.25, -0.2) is 0 Å². The molecule has 0 aliphatic heterocycles. The Morgan fingerprint density at radius 3 is 2.48 bits per heavy atom. The van der Waals surface area contributed by atoms with Crippen molar-refractivity contribution in [1.29, 1.82) is 0 Å². The Bertz CT molecular complexity index is 810. The van der Waals surface area contributed by atoms with Crippen molar-refractivity contribution < 1.29 is 4.79 Å². The molecule has 0 bridgehead atoms. The van der Waals surface area contributed by atoms with Crippen molar-refractivity contribution in [1.82, 2.24) is 4.98 Å². The molecule has 0 saturated heterocycles. The average molecular weight is 316 g/mol. The van der Waals surface area contributed by atoms with Crippen molar-refractivity contribution in [2.24, 2.45) is 0 Å². The fourth-order valence-electron chi connectivity index (χ4n) is 2.19. The number of pyridine rings is 1. The molecule has 0 N–H and O–H groups in total. The third kappa shape index (κ3) is 2.92. The van der Waals surface area contributed by atoms with E-state index in [9.17, 15) is 4.79 Å². The number of fused-ring (bicyclic) bond motifs is 1. The quantitative estimate of drug-likeness (QED) is 0.639. The molecule has 1 aromatic heterocycles. The third-order valence-electron chi connectivity index (χ3n) is 3.31. The zero-order valence-electron chi connectivity index (χ0n) is 11.0. The Labute approximate surface area is 132 Å². The average Bonchev–Trinajstić information content (AvgIpc) is 2.50. The summed E-state index contributed by atoms with van der Waals surface area (Å²) in [5, 5.41) is 1.95. The molecule has 0 amide bonds. The number of carbonyl (C=O) groups is 1. The molecule has 0 aliphatic carbocycles. The predicted molar refractivity (Wildman–Crippen MR) is 86.2 cm³/mol. The second kappa shape index (κ2) is 5.84. The van der Waals surface area contributed by atoms with Crippen molar-refractivity contribution >= 4 is 39.9 Å². The monoisotopic (exact) mass is 315 g/mol.